The lowest BCUT2D eigenvalue weighted by Gasteiger charge is -2.12. The zero-order valence-corrected chi connectivity index (χ0v) is 16.7. The molecule has 6 heteroatoms. The van der Waals surface area contributed by atoms with Crippen molar-refractivity contribution in [2.45, 2.75) is 26.9 Å². The Morgan fingerprint density at radius 3 is 2.46 bits per heavy atom. The van der Waals surface area contributed by atoms with Gasteiger partial charge in [-0.3, -0.25) is 4.99 Å². The molecule has 5 nitrogen and oxygen atoms in total. The summed E-state index contributed by atoms with van der Waals surface area (Å²) in [5.74, 6) is 1.41. The third-order valence-corrected chi connectivity index (χ3v) is 3.32. The van der Waals surface area contributed by atoms with Crippen LogP contribution >= 0.6 is 24.0 Å². The van der Waals surface area contributed by atoms with E-state index in [1.807, 2.05) is 19.1 Å². The number of aryl methyl sites for hydroxylation is 1. The third kappa shape index (κ3) is 6.74. The van der Waals surface area contributed by atoms with Gasteiger partial charge in [0.25, 0.3) is 0 Å². The number of nitrogens with one attached hydrogen (secondary N) is 2. The Morgan fingerprint density at radius 1 is 1.12 bits per heavy atom. The van der Waals surface area contributed by atoms with Gasteiger partial charge >= 0.3 is 0 Å². The maximum atomic E-state index is 5.41. The van der Waals surface area contributed by atoms with Gasteiger partial charge in [-0.05, 0) is 31.0 Å². The predicted octanol–water partition coefficient (Wildman–Crippen LogP) is 3.27. The van der Waals surface area contributed by atoms with Crippen molar-refractivity contribution in [2.75, 3.05) is 13.7 Å². The van der Waals surface area contributed by atoms with Crippen LogP contribution in [0, 0.1) is 6.92 Å². The number of benzene rings is 1. The Bertz CT molecular complexity index is 661. The predicted molar refractivity (Wildman–Crippen MR) is 109 cm³/mol. The molecule has 0 amide bonds. The first-order valence-corrected chi connectivity index (χ1v) is 7.79. The van der Waals surface area contributed by atoms with Crippen LogP contribution in [-0.2, 0) is 13.1 Å². The molecule has 1 aromatic heterocycles. The fourth-order valence-corrected chi connectivity index (χ4v) is 2.20. The standard InChI is InChI=1S/C18H24N4O.HI/c1-4-23-17-11-16(8-9-20-17)13-22-18(19-3)21-12-15-7-5-6-14(2)10-15;/h5-11H,4,12-13H2,1-3H3,(H2,19,21,22);1H. The molecule has 24 heavy (non-hydrogen) atoms. The second-order valence-electron chi connectivity index (χ2n) is 5.20. The van der Waals surface area contributed by atoms with Crippen molar-refractivity contribution in [3.05, 3.63) is 59.3 Å². The van der Waals surface area contributed by atoms with Crippen molar-refractivity contribution in [2.24, 2.45) is 4.99 Å². The van der Waals surface area contributed by atoms with Crippen LogP contribution in [-0.4, -0.2) is 24.6 Å². The van der Waals surface area contributed by atoms with Crippen LogP contribution in [0.25, 0.3) is 0 Å². The summed E-state index contributed by atoms with van der Waals surface area (Å²) < 4.78 is 5.41. The number of aromatic nitrogens is 1. The van der Waals surface area contributed by atoms with E-state index in [1.165, 1.54) is 11.1 Å². The van der Waals surface area contributed by atoms with Gasteiger partial charge in [-0.2, -0.15) is 0 Å². The van der Waals surface area contributed by atoms with E-state index in [0.717, 1.165) is 18.1 Å². The molecular weight excluding hydrogens is 415 g/mol. The molecule has 0 spiro atoms. The average Bonchev–Trinajstić information content (AvgIpc) is 2.56. The number of hydrogen-bond acceptors (Lipinski definition) is 3. The average molecular weight is 440 g/mol. The van der Waals surface area contributed by atoms with Crippen LogP contribution in [0.3, 0.4) is 0 Å². The molecular formula is C18H25IN4O. The summed E-state index contributed by atoms with van der Waals surface area (Å²) in [6.45, 7) is 6.06. The number of halogens is 1. The second-order valence-corrected chi connectivity index (χ2v) is 5.20. The fourth-order valence-electron chi connectivity index (χ4n) is 2.20. The molecule has 1 aromatic carbocycles. The van der Waals surface area contributed by atoms with Gasteiger partial charge in [0.2, 0.25) is 5.88 Å². The lowest BCUT2D eigenvalue weighted by molar-refractivity contribution is 0.326. The number of rotatable bonds is 6. The summed E-state index contributed by atoms with van der Waals surface area (Å²) in [4.78, 5) is 8.41. The molecule has 130 valence electrons. The van der Waals surface area contributed by atoms with Gasteiger partial charge in [0, 0.05) is 32.4 Å². The highest BCUT2D eigenvalue weighted by Gasteiger charge is 2.01. The van der Waals surface area contributed by atoms with Crippen LogP contribution in [0.2, 0.25) is 0 Å². The van der Waals surface area contributed by atoms with E-state index in [-0.39, 0.29) is 24.0 Å². The first-order valence-electron chi connectivity index (χ1n) is 7.79. The van der Waals surface area contributed by atoms with Crippen LogP contribution in [0.1, 0.15) is 23.6 Å². The van der Waals surface area contributed by atoms with Crippen LogP contribution < -0.4 is 15.4 Å². The summed E-state index contributed by atoms with van der Waals surface area (Å²) in [6.07, 6.45) is 1.75. The molecule has 1 heterocycles. The number of aliphatic imine (C=N–C) groups is 1. The van der Waals surface area contributed by atoms with E-state index >= 15 is 0 Å². The fraction of sp³-hybridized carbons (Fsp3) is 0.333. The number of pyridine rings is 1. The maximum absolute atomic E-state index is 5.41. The Kier molecular flexibility index (Phi) is 9.14. The van der Waals surface area contributed by atoms with Crippen molar-refractivity contribution in [1.29, 1.82) is 0 Å². The Hall–Kier alpha value is -1.83. The van der Waals surface area contributed by atoms with Gasteiger partial charge in [-0.15, -0.1) is 24.0 Å². The quantitative estimate of drug-likeness (QED) is 0.411. The van der Waals surface area contributed by atoms with E-state index < -0.39 is 0 Å². The van der Waals surface area contributed by atoms with Gasteiger partial charge < -0.3 is 15.4 Å². The number of guanidine groups is 1. The molecule has 0 aliphatic rings. The molecule has 0 bridgehead atoms. The summed E-state index contributed by atoms with van der Waals surface area (Å²) in [5.41, 5.74) is 3.59. The van der Waals surface area contributed by atoms with Crippen molar-refractivity contribution in [3.8, 4) is 5.88 Å². The molecule has 2 rings (SSSR count). The maximum Gasteiger partial charge on any atom is 0.213 e. The molecule has 0 aliphatic carbocycles. The third-order valence-electron chi connectivity index (χ3n) is 3.32. The summed E-state index contributed by atoms with van der Waals surface area (Å²) in [5, 5.41) is 6.61. The van der Waals surface area contributed by atoms with Gasteiger partial charge in [-0.1, -0.05) is 29.8 Å². The van der Waals surface area contributed by atoms with Gasteiger partial charge in [0.1, 0.15) is 0 Å². The number of nitrogens with zero attached hydrogens (tertiary/aromatic N) is 2. The van der Waals surface area contributed by atoms with Crippen molar-refractivity contribution >= 4 is 29.9 Å². The molecule has 0 unspecified atom stereocenters. The van der Waals surface area contributed by atoms with Gasteiger partial charge in [-0.25, -0.2) is 4.98 Å². The Balaban J connectivity index is 0.00000288. The van der Waals surface area contributed by atoms with Crippen molar-refractivity contribution < 1.29 is 4.74 Å². The summed E-state index contributed by atoms with van der Waals surface area (Å²) >= 11 is 0. The van der Waals surface area contributed by atoms with Gasteiger partial charge in [0.15, 0.2) is 5.96 Å². The molecule has 0 saturated carbocycles. The van der Waals surface area contributed by atoms with E-state index in [1.54, 1.807) is 13.2 Å². The molecule has 0 radical (unpaired) electrons. The Labute approximate surface area is 161 Å². The van der Waals surface area contributed by atoms with E-state index in [9.17, 15) is 0 Å². The summed E-state index contributed by atoms with van der Waals surface area (Å²) in [7, 11) is 1.77. The number of ether oxygens (including phenoxy) is 1. The first-order chi connectivity index (χ1) is 11.2. The van der Waals surface area contributed by atoms with Crippen LogP contribution in [0.5, 0.6) is 5.88 Å². The number of hydrogen-bond donors (Lipinski definition) is 2. The molecule has 0 saturated heterocycles. The van der Waals surface area contributed by atoms with E-state index in [2.05, 4.69) is 51.8 Å². The molecule has 0 fully saturated rings. The monoisotopic (exact) mass is 440 g/mol. The zero-order valence-electron chi connectivity index (χ0n) is 14.4. The molecule has 0 aliphatic heterocycles. The van der Waals surface area contributed by atoms with Crippen molar-refractivity contribution in [1.82, 2.24) is 15.6 Å². The highest BCUT2D eigenvalue weighted by atomic mass is 127. The SMILES string of the molecule is CCOc1cc(CNC(=NC)NCc2cccc(C)c2)ccn1.I. The van der Waals surface area contributed by atoms with Crippen LogP contribution in [0.4, 0.5) is 0 Å². The van der Waals surface area contributed by atoms with Crippen LogP contribution in [0.15, 0.2) is 47.6 Å². The molecule has 0 atom stereocenters. The lowest BCUT2D eigenvalue weighted by atomic mass is 10.1. The Morgan fingerprint density at radius 2 is 1.83 bits per heavy atom. The van der Waals surface area contributed by atoms with E-state index in [4.69, 9.17) is 4.74 Å². The lowest BCUT2D eigenvalue weighted by Crippen LogP contribution is -2.36. The highest BCUT2D eigenvalue weighted by Crippen LogP contribution is 2.09. The normalized spacial score (nSPS) is 10.7. The first kappa shape index (κ1) is 20.2. The second kappa shape index (κ2) is 10.9. The summed E-state index contributed by atoms with van der Waals surface area (Å²) in [6, 6.07) is 12.3. The zero-order chi connectivity index (χ0) is 16.5. The van der Waals surface area contributed by atoms with E-state index in [0.29, 0.717) is 19.0 Å². The minimum Gasteiger partial charge on any atom is -0.478 e. The highest BCUT2D eigenvalue weighted by molar-refractivity contribution is 14.0. The topological polar surface area (TPSA) is 58.5 Å². The molecule has 2 aromatic rings. The smallest absolute Gasteiger partial charge is 0.213 e. The van der Waals surface area contributed by atoms with Crippen molar-refractivity contribution in [3.63, 3.8) is 0 Å². The molecule has 2 N–H and O–H groups in total. The minimum absolute atomic E-state index is 0. The van der Waals surface area contributed by atoms with Gasteiger partial charge in [0.05, 0.1) is 6.61 Å². The largest absolute Gasteiger partial charge is 0.478 e. The minimum atomic E-state index is 0.